The molecule has 5 N–H and O–H groups in total. The molecule has 54 heavy (non-hydrogen) atoms. The number of hydrogen-bond acceptors (Lipinski definition) is 9. The summed E-state index contributed by atoms with van der Waals surface area (Å²) in [4.78, 5) is 48.5. The summed E-state index contributed by atoms with van der Waals surface area (Å²) in [6, 6.07) is 9.96. The van der Waals surface area contributed by atoms with Crippen LogP contribution in [0.2, 0.25) is 0 Å². The van der Waals surface area contributed by atoms with Crippen molar-refractivity contribution in [2.45, 2.75) is 105 Å². The third-order valence-corrected chi connectivity index (χ3v) is 12.2. The first-order chi connectivity index (χ1) is 25.4. The van der Waals surface area contributed by atoms with Crippen LogP contribution in [0.5, 0.6) is 5.75 Å². The largest absolute Gasteiger partial charge is 0.496 e. The third kappa shape index (κ3) is 8.94. The highest BCUT2D eigenvalue weighted by atomic mass is 16.7. The molecule has 9 atom stereocenters. The summed E-state index contributed by atoms with van der Waals surface area (Å²) in [7, 11) is 5.52. The Hall–Kier alpha value is -3.55. The number of ether oxygens (including phenoxy) is 1. The highest BCUT2D eigenvalue weighted by Gasteiger charge is 2.57. The number of fused-ring (bicyclic) bond motifs is 2. The van der Waals surface area contributed by atoms with Gasteiger partial charge in [-0.15, -0.1) is 0 Å². The van der Waals surface area contributed by atoms with E-state index in [1.165, 1.54) is 13.3 Å². The molecule has 3 saturated carbocycles. The second-order valence-electron chi connectivity index (χ2n) is 17.3. The number of rotatable bonds is 15. The lowest BCUT2D eigenvalue weighted by Crippen LogP contribution is -2.62. The number of hydrogen-bond donors (Lipinski definition) is 5. The Morgan fingerprint density at radius 3 is 2.41 bits per heavy atom. The second kappa shape index (κ2) is 17.1. The summed E-state index contributed by atoms with van der Waals surface area (Å²) >= 11 is 0. The molecule has 2 aromatic rings. The lowest BCUT2D eigenvalue weighted by atomic mass is 9.45. The average Bonchev–Trinajstić information content (AvgIpc) is 3.46. The number of amides is 3. The van der Waals surface area contributed by atoms with Crippen molar-refractivity contribution in [3.63, 3.8) is 0 Å². The van der Waals surface area contributed by atoms with E-state index in [1.54, 1.807) is 37.3 Å². The van der Waals surface area contributed by atoms with Gasteiger partial charge in [-0.3, -0.25) is 19.2 Å². The van der Waals surface area contributed by atoms with Gasteiger partial charge in [0, 0.05) is 53.8 Å². The quantitative estimate of drug-likeness (QED) is 0.175. The normalized spacial score (nSPS) is 27.3. The lowest BCUT2D eigenvalue weighted by Gasteiger charge is -2.62. The molecule has 1 aliphatic heterocycles. The summed E-state index contributed by atoms with van der Waals surface area (Å²) in [5.41, 5.74) is 3.14. The molecule has 4 aliphatic rings. The molecule has 298 valence electrons. The van der Waals surface area contributed by atoms with Crippen molar-refractivity contribution in [3.05, 3.63) is 47.5 Å². The standard InChI is InChI=1S/C42H63N5O7/c1-23(2)14-32(21-46(8)9)44-40(51)29-15-28(16-31(17-29)43-26(5)50)33-13-11-12-27(39(33)53-10)20-47-38(37(25(4)49)36(22-48)54-47)41(52)45-35-19-30-18-34(24(35)3)42(30,6)7/h11-13,15-17,23-25,30,32,34-38,48-49H,14,18-22H2,1-10H3,(H,43,50)(H,44,51)(H,45,52)/t24-,25-,30+,32-,34+,35-,36-,37+,38-/m0/s1. The summed E-state index contributed by atoms with van der Waals surface area (Å²) in [5, 5.41) is 32.2. The van der Waals surface area contributed by atoms with Gasteiger partial charge >= 0.3 is 0 Å². The molecule has 3 amide bonds. The van der Waals surface area contributed by atoms with Gasteiger partial charge in [-0.2, -0.15) is 5.06 Å². The van der Waals surface area contributed by atoms with Gasteiger partial charge in [-0.25, -0.2) is 0 Å². The van der Waals surface area contributed by atoms with Crippen LogP contribution in [-0.2, 0) is 21.0 Å². The van der Waals surface area contributed by atoms with Crippen LogP contribution in [0.3, 0.4) is 0 Å². The van der Waals surface area contributed by atoms with Gasteiger partial charge in [-0.05, 0) is 93.1 Å². The first-order valence-electron chi connectivity index (χ1n) is 19.5. The number of benzene rings is 2. The molecule has 12 nitrogen and oxygen atoms in total. The number of nitrogens with one attached hydrogen (secondary N) is 3. The van der Waals surface area contributed by atoms with Gasteiger partial charge in [0.25, 0.3) is 5.91 Å². The van der Waals surface area contributed by atoms with E-state index >= 15 is 0 Å². The van der Waals surface area contributed by atoms with Gasteiger partial charge in [-0.1, -0.05) is 52.8 Å². The summed E-state index contributed by atoms with van der Waals surface area (Å²) in [6.45, 7) is 14.6. The number of carbonyl (C=O) groups is 3. The molecule has 3 aliphatic carbocycles. The number of aliphatic hydroxyl groups is 2. The molecule has 12 heteroatoms. The molecule has 1 heterocycles. The molecule has 0 radical (unpaired) electrons. The van der Waals surface area contributed by atoms with Crippen LogP contribution >= 0.6 is 0 Å². The topological polar surface area (TPSA) is 153 Å². The zero-order chi connectivity index (χ0) is 39.6. The highest BCUT2D eigenvalue weighted by Crippen LogP contribution is 2.61. The Kier molecular flexibility index (Phi) is 13.2. The minimum atomic E-state index is -0.925. The molecule has 4 fully saturated rings. The second-order valence-corrected chi connectivity index (χ2v) is 17.3. The van der Waals surface area contributed by atoms with Crippen molar-refractivity contribution in [1.29, 1.82) is 0 Å². The average molecular weight is 750 g/mol. The van der Waals surface area contributed by atoms with Gasteiger partial charge < -0.3 is 35.8 Å². The van der Waals surface area contributed by atoms with Crippen molar-refractivity contribution < 1.29 is 34.2 Å². The molecule has 2 aromatic carbocycles. The van der Waals surface area contributed by atoms with E-state index in [9.17, 15) is 24.6 Å². The predicted octanol–water partition coefficient (Wildman–Crippen LogP) is 4.69. The monoisotopic (exact) mass is 749 g/mol. The summed E-state index contributed by atoms with van der Waals surface area (Å²) in [5.74, 6) is 0.870. The number of aliphatic hydroxyl groups excluding tert-OH is 2. The zero-order valence-electron chi connectivity index (χ0n) is 33.8. The van der Waals surface area contributed by atoms with E-state index in [-0.39, 0.29) is 48.4 Å². The van der Waals surface area contributed by atoms with Gasteiger partial charge in [0.1, 0.15) is 17.9 Å². The Morgan fingerprint density at radius 2 is 1.83 bits per heavy atom. The first kappa shape index (κ1) is 41.6. The van der Waals surface area contributed by atoms with Gasteiger partial charge in [0.15, 0.2) is 0 Å². The molecule has 0 aromatic heterocycles. The fourth-order valence-electron chi connectivity index (χ4n) is 9.48. The Morgan fingerprint density at radius 1 is 1.11 bits per heavy atom. The van der Waals surface area contributed by atoms with Crippen molar-refractivity contribution in [2.75, 3.05) is 39.7 Å². The smallest absolute Gasteiger partial charge is 0.251 e. The van der Waals surface area contributed by atoms with E-state index in [0.29, 0.717) is 63.9 Å². The number of methoxy groups -OCH3 is 1. The number of para-hydroxylation sites is 1. The maximum atomic E-state index is 14.3. The van der Waals surface area contributed by atoms with Crippen LogP contribution in [0, 0.1) is 35.0 Å². The lowest BCUT2D eigenvalue weighted by molar-refractivity contribution is -0.183. The van der Waals surface area contributed by atoms with Crippen molar-refractivity contribution in [3.8, 4) is 16.9 Å². The molecule has 2 bridgehead atoms. The van der Waals surface area contributed by atoms with Crippen LogP contribution in [0.15, 0.2) is 36.4 Å². The fraction of sp³-hybridized carbons (Fsp3) is 0.643. The molecular formula is C42H63N5O7. The molecule has 6 rings (SSSR count). The maximum absolute atomic E-state index is 14.3. The van der Waals surface area contributed by atoms with Crippen molar-refractivity contribution in [2.24, 2.45) is 35.0 Å². The zero-order valence-corrected chi connectivity index (χ0v) is 33.8. The van der Waals surface area contributed by atoms with E-state index in [1.807, 2.05) is 37.2 Å². The maximum Gasteiger partial charge on any atom is 0.251 e. The number of likely N-dealkylation sites (N-methyl/N-ethyl adjacent to an activating group) is 1. The van der Waals surface area contributed by atoms with Crippen LogP contribution in [0.1, 0.15) is 83.7 Å². The van der Waals surface area contributed by atoms with Crippen molar-refractivity contribution in [1.82, 2.24) is 20.6 Å². The van der Waals surface area contributed by atoms with E-state index in [0.717, 1.165) is 12.8 Å². The Labute approximate surface area is 321 Å². The van der Waals surface area contributed by atoms with Crippen LogP contribution < -0.4 is 20.7 Å². The third-order valence-electron chi connectivity index (χ3n) is 12.2. The predicted molar refractivity (Wildman–Crippen MR) is 210 cm³/mol. The number of carbonyl (C=O) groups excluding carboxylic acids is 3. The van der Waals surface area contributed by atoms with Gasteiger partial charge in [0.2, 0.25) is 11.8 Å². The molecular weight excluding hydrogens is 686 g/mol. The van der Waals surface area contributed by atoms with E-state index in [4.69, 9.17) is 9.57 Å². The SMILES string of the molecule is COc1c(CN2O[C@@H](CO)[C@@H]([C@H](C)O)[C@H]2C(=O)N[C@H]2C[C@H]3C[C@H]([C@@H]2C)C3(C)C)cccc1-c1cc(NC(C)=O)cc(C(=O)N[C@@H](CC(C)C)CN(C)C)c1. The van der Waals surface area contributed by atoms with Crippen molar-refractivity contribution >= 4 is 23.4 Å². The molecule has 0 spiro atoms. The summed E-state index contributed by atoms with van der Waals surface area (Å²) in [6.07, 6.45) is 1.20. The highest BCUT2D eigenvalue weighted by molar-refractivity contribution is 5.99. The molecule has 0 unspecified atom stereocenters. The molecule has 1 saturated heterocycles. The minimum absolute atomic E-state index is 0.0163. The Bertz CT molecular complexity index is 1650. The van der Waals surface area contributed by atoms with Gasteiger partial charge in [0.05, 0.1) is 26.4 Å². The summed E-state index contributed by atoms with van der Waals surface area (Å²) < 4.78 is 6.03. The number of hydroxylamine groups is 2. The van der Waals surface area contributed by atoms with E-state index < -0.39 is 24.2 Å². The van der Waals surface area contributed by atoms with Crippen LogP contribution in [-0.4, -0.2) is 103 Å². The van der Waals surface area contributed by atoms with E-state index in [2.05, 4.69) is 50.6 Å². The Balaban J connectivity index is 1.46. The number of nitrogens with zero attached hydrogens (tertiary/aromatic N) is 2. The van der Waals surface area contributed by atoms with Crippen LogP contribution in [0.25, 0.3) is 11.1 Å². The fourth-order valence-corrected chi connectivity index (χ4v) is 9.48. The minimum Gasteiger partial charge on any atom is -0.496 e. The number of anilines is 1. The van der Waals surface area contributed by atoms with Crippen LogP contribution in [0.4, 0.5) is 5.69 Å². The first-order valence-corrected chi connectivity index (χ1v) is 19.5.